The van der Waals surface area contributed by atoms with Crippen LogP contribution in [-0.2, 0) is 14.9 Å². The van der Waals surface area contributed by atoms with E-state index in [-0.39, 0.29) is 29.4 Å². The normalized spacial score (nSPS) is 15.0. The third-order valence-electron chi connectivity index (χ3n) is 5.76. The van der Waals surface area contributed by atoms with Crippen molar-refractivity contribution >= 4 is 17.7 Å². The van der Waals surface area contributed by atoms with Gasteiger partial charge in [0.1, 0.15) is 6.33 Å². The van der Waals surface area contributed by atoms with E-state index in [9.17, 15) is 9.59 Å². The first-order valence-corrected chi connectivity index (χ1v) is 10.2. The van der Waals surface area contributed by atoms with Gasteiger partial charge in [-0.1, -0.05) is 50.6 Å². The number of benzene rings is 1. The summed E-state index contributed by atoms with van der Waals surface area (Å²) >= 11 is 0. The Bertz CT molecular complexity index is 1060. The topological polar surface area (TPSA) is 98.5 Å². The quantitative estimate of drug-likeness (QED) is 0.605. The van der Waals surface area contributed by atoms with E-state index in [1.54, 1.807) is 0 Å². The minimum atomic E-state index is -0.597. The SMILES string of the molecule is CC(C)c1c(C(=O)OCC(=O)NCC2(c3ccccc3)CCC2)cnc2ncnn12. The largest absolute Gasteiger partial charge is 0.452 e. The number of ether oxygens (including phenoxy) is 1. The molecule has 1 saturated carbocycles. The monoisotopic (exact) mass is 407 g/mol. The summed E-state index contributed by atoms with van der Waals surface area (Å²) in [5.41, 5.74) is 2.16. The van der Waals surface area contributed by atoms with Gasteiger partial charge in [-0.2, -0.15) is 10.1 Å². The van der Waals surface area contributed by atoms with Crippen molar-refractivity contribution in [3.63, 3.8) is 0 Å². The van der Waals surface area contributed by atoms with Crippen molar-refractivity contribution in [2.75, 3.05) is 13.2 Å². The summed E-state index contributed by atoms with van der Waals surface area (Å²) in [6, 6.07) is 10.2. The van der Waals surface area contributed by atoms with Crippen LogP contribution in [0.25, 0.3) is 5.78 Å². The molecule has 1 aromatic carbocycles. The van der Waals surface area contributed by atoms with Gasteiger partial charge in [-0.25, -0.2) is 14.3 Å². The third kappa shape index (κ3) is 3.77. The lowest BCUT2D eigenvalue weighted by molar-refractivity contribution is -0.124. The van der Waals surface area contributed by atoms with Crippen molar-refractivity contribution in [2.45, 2.75) is 44.4 Å². The van der Waals surface area contributed by atoms with E-state index in [4.69, 9.17) is 4.74 Å². The smallest absolute Gasteiger partial charge is 0.342 e. The molecule has 8 nitrogen and oxygen atoms in total. The van der Waals surface area contributed by atoms with E-state index in [0.717, 1.165) is 19.3 Å². The van der Waals surface area contributed by atoms with Gasteiger partial charge in [0.05, 0.1) is 11.3 Å². The number of aromatic nitrogens is 4. The van der Waals surface area contributed by atoms with Gasteiger partial charge in [0.2, 0.25) is 0 Å². The lowest BCUT2D eigenvalue weighted by Crippen LogP contribution is -2.46. The fourth-order valence-corrected chi connectivity index (χ4v) is 4.00. The number of carbonyl (C=O) groups is 2. The fraction of sp³-hybridized carbons (Fsp3) is 0.409. The summed E-state index contributed by atoms with van der Waals surface area (Å²) < 4.78 is 6.81. The molecule has 156 valence electrons. The Labute approximate surface area is 174 Å². The molecule has 30 heavy (non-hydrogen) atoms. The summed E-state index contributed by atoms with van der Waals surface area (Å²) in [6.07, 6.45) is 6.05. The number of hydrogen-bond acceptors (Lipinski definition) is 6. The molecular formula is C22H25N5O3. The Balaban J connectivity index is 1.38. The molecule has 1 amide bonds. The van der Waals surface area contributed by atoms with Gasteiger partial charge in [-0.15, -0.1) is 0 Å². The summed E-state index contributed by atoms with van der Waals surface area (Å²) in [5.74, 6) is -0.496. The number of hydrogen-bond donors (Lipinski definition) is 1. The van der Waals surface area contributed by atoms with Crippen molar-refractivity contribution in [1.29, 1.82) is 0 Å². The first kappa shape index (κ1) is 20.0. The van der Waals surface area contributed by atoms with Crippen LogP contribution < -0.4 is 5.32 Å². The van der Waals surface area contributed by atoms with Crippen LogP contribution in [0.1, 0.15) is 60.6 Å². The summed E-state index contributed by atoms with van der Waals surface area (Å²) in [7, 11) is 0. The maximum absolute atomic E-state index is 12.6. The van der Waals surface area contributed by atoms with Crippen molar-refractivity contribution in [3.05, 3.63) is 59.7 Å². The standard InChI is InChI=1S/C22H25N5O3/c1-15(2)19-17(11-23-21-25-14-26-27(19)21)20(29)30-12-18(28)24-13-22(9-6-10-22)16-7-4-3-5-8-16/h3-5,7-8,11,14-15H,6,9-10,12-13H2,1-2H3,(H,24,28). The number of carbonyl (C=O) groups excluding carboxylic acids is 2. The second-order valence-electron chi connectivity index (χ2n) is 8.04. The highest BCUT2D eigenvalue weighted by Crippen LogP contribution is 2.43. The molecule has 8 heteroatoms. The second-order valence-corrected chi connectivity index (χ2v) is 8.04. The van der Waals surface area contributed by atoms with E-state index in [0.29, 0.717) is 18.0 Å². The van der Waals surface area contributed by atoms with Crippen LogP contribution in [0.2, 0.25) is 0 Å². The Hall–Kier alpha value is -3.29. The molecule has 1 aliphatic carbocycles. The number of amides is 1. The number of nitrogens with one attached hydrogen (secondary N) is 1. The minimum absolute atomic E-state index is 0.00192. The number of esters is 1. The highest BCUT2D eigenvalue weighted by Gasteiger charge is 2.38. The number of rotatable bonds is 7. The molecule has 0 atom stereocenters. The van der Waals surface area contributed by atoms with Gasteiger partial charge in [0.15, 0.2) is 6.61 Å². The maximum Gasteiger partial charge on any atom is 0.342 e. The van der Waals surface area contributed by atoms with Gasteiger partial charge in [0, 0.05) is 18.2 Å². The lowest BCUT2D eigenvalue weighted by Gasteiger charge is -2.42. The highest BCUT2D eigenvalue weighted by molar-refractivity contribution is 5.92. The van der Waals surface area contributed by atoms with Crippen LogP contribution in [0.15, 0.2) is 42.9 Å². The fourth-order valence-electron chi connectivity index (χ4n) is 4.00. The van der Waals surface area contributed by atoms with Crippen LogP contribution in [0.4, 0.5) is 0 Å². The zero-order valence-electron chi connectivity index (χ0n) is 17.2. The minimum Gasteiger partial charge on any atom is -0.452 e. The Morgan fingerprint density at radius 2 is 1.97 bits per heavy atom. The van der Waals surface area contributed by atoms with Crippen molar-refractivity contribution in [2.24, 2.45) is 0 Å². The van der Waals surface area contributed by atoms with Crippen molar-refractivity contribution in [1.82, 2.24) is 24.9 Å². The molecule has 1 fully saturated rings. The average Bonchev–Trinajstić information content (AvgIpc) is 3.19. The van der Waals surface area contributed by atoms with Gasteiger partial charge < -0.3 is 10.1 Å². The Morgan fingerprint density at radius 3 is 2.63 bits per heavy atom. The first-order chi connectivity index (χ1) is 14.5. The Kier molecular flexibility index (Phi) is 5.48. The van der Waals surface area contributed by atoms with Crippen LogP contribution in [-0.4, -0.2) is 44.6 Å². The van der Waals surface area contributed by atoms with E-state index < -0.39 is 5.97 Å². The third-order valence-corrected chi connectivity index (χ3v) is 5.76. The van der Waals surface area contributed by atoms with Crippen LogP contribution >= 0.6 is 0 Å². The van der Waals surface area contributed by atoms with Gasteiger partial charge >= 0.3 is 5.97 Å². The van der Waals surface area contributed by atoms with Crippen LogP contribution in [0.3, 0.4) is 0 Å². The van der Waals surface area contributed by atoms with E-state index in [1.807, 2.05) is 32.0 Å². The maximum atomic E-state index is 12.6. The molecule has 2 heterocycles. The number of nitrogens with zero attached hydrogens (tertiary/aromatic N) is 4. The molecule has 0 aliphatic heterocycles. The van der Waals surface area contributed by atoms with Gasteiger partial charge in [0.25, 0.3) is 11.7 Å². The van der Waals surface area contributed by atoms with Crippen molar-refractivity contribution in [3.8, 4) is 0 Å². The lowest BCUT2D eigenvalue weighted by atomic mass is 9.64. The molecule has 0 spiro atoms. The Morgan fingerprint density at radius 1 is 1.20 bits per heavy atom. The van der Waals surface area contributed by atoms with Gasteiger partial charge in [-0.05, 0) is 24.3 Å². The molecule has 4 rings (SSSR count). The zero-order valence-corrected chi connectivity index (χ0v) is 17.2. The molecule has 1 aliphatic rings. The summed E-state index contributed by atoms with van der Waals surface area (Å²) in [6.45, 7) is 4.09. The highest BCUT2D eigenvalue weighted by atomic mass is 16.5. The number of fused-ring (bicyclic) bond motifs is 1. The molecule has 2 aromatic heterocycles. The van der Waals surface area contributed by atoms with E-state index >= 15 is 0 Å². The summed E-state index contributed by atoms with van der Waals surface area (Å²) in [5, 5.41) is 7.07. The van der Waals surface area contributed by atoms with E-state index in [2.05, 4.69) is 32.5 Å². The molecule has 1 N–H and O–H groups in total. The van der Waals surface area contributed by atoms with Gasteiger partial charge in [-0.3, -0.25) is 4.79 Å². The predicted octanol–water partition coefficient (Wildman–Crippen LogP) is 2.64. The molecule has 0 unspecified atom stereocenters. The molecule has 3 aromatic rings. The molecule has 0 saturated heterocycles. The average molecular weight is 407 g/mol. The second kappa shape index (κ2) is 8.22. The van der Waals surface area contributed by atoms with Crippen molar-refractivity contribution < 1.29 is 14.3 Å². The molecular weight excluding hydrogens is 382 g/mol. The molecule has 0 bridgehead atoms. The predicted molar refractivity (Wildman–Crippen MR) is 110 cm³/mol. The molecule has 0 radical (unpaired) electrons. The van der Waals surface area contributed by atoms with Crippen LogP contribution in [0.5, 0.6) is 0 Å². The van der Waals surface area contributed by atoms with Crippen LogP contribution in [0, 0.1) is 0 Å². The zero-order chi connectivity index (χ0) is 21.1. The summed E-state index contributed by atoms with van der Waals surface area (Å²) in [4.78, 5) is 33.2. The van der Waals surface area contributed by atoms with E-state index in [1.165, 1.54) is 22.6 Å². The first-order valence-electron chi connectivity index (χ1n) is 10.2.